The third-order valence-electron chi connectivity index (χ3n) is 5.38. The van der Waals surface area contributed by atoms with Crippen LogP contribution in [0.25, 0.3) is 10.9 Å². The van der Waals surface area contributed by atoms with E-state index in [1.165, 1.54) is 12.3 Å². The first-order chi connectivity index (χ1) is 18.4. The number of aromatic nitrogens is 2. The van der Waals surface area contributed by atoms with Gasteiger partial charge >= 0.3 is 5.97 Å². The minimum absolute atomic E-state index is 0.0448. The lowest BCUT2D eigenvalue weighted by molar-refractivity contribution is 0.0253. The Morgan fingerprint density at radius 1 is 0.974 bits per heavy atom. The predicted octanol–water partition coefficient (Wildman–Crippen LogP) is 3.30. The molecule has 38 heavy (non-hydrogen) atoms. The van der Waals surface area contributed by atoms with Crippen LogP contribution in [-0.4, -0.2) is 55.9 Å². The zero-order chi connectivity index (χ0) is 27.0. The highest BCUT2D eigenvalue weighted by Crippen LogP contribution is 2.27. The first-order valence-corrected chi connectivity index (χ1v) is 13.2. The molecule has 0 saturated heterocycles. The van der Waals surface area contributed by atoms with Gasteiger partial charge < -0.3 is 14.6 Å². The molecule has 0 atom stereocenters. The van der Waals surface area contributed by atoms with E-state index in [0.29, 0.717) is 27.9 Å². The quantitative estimate of drug-likeness (QED) is 0.191. The summed E-state index contributed by atoms with van der Waals surface area (Å²) in [5.41, 5.74) is 2.40. The van der Waals surface area contributed by atoms with Crippen molar-refractivity contribution in [3.8, 4) is 11.8 Å². The van der Waals surface area contributed by atoms with Crippen molar-refractivity contribution in [2.75, 3.05) is 31.1 Å². The Labute approximate surface area is 220 Å². The van der Waals surface area contributed by atoms with Crippen molar-refractivity contribution in [2.45, 2.75) is 11.8 Å². The Morgan fingerprint density at radius 3 is 2.61 bits per heavy atom. The molecule has 0 fully saturated rings. The maximum atomic E-state index is 13.4. The third-order valence-corrected chi connectivity index (χ3v) is 6.92. The number of esters is 1. The number of rotatable bonds is 9. The Morgan fingerprint density at radius 2 is 1.82 bits per heavy atom. The Balaban J connectivity index is 1.51. The van der Waals surface area contributed by atoms with Gasteiger partial charge in [0.1, 0.15) is 17.2 Å². The van der Waals surface area contributed by atoms with Gasteiger partial charge in [-0.3, -0.25) is 9.71 Å². The molecule has 4 rings (SSSR count). The molecule has 10 heteroatoms. The zero-order valence-electron chi connectivity index (χ0n) is 20.5. The number of sulfonamides is 1. The van der Waals surface area contributed by atoms with Gasteiger partial charge in [-0.25, -0.2) is 18.2 Å². The minimum atomic E-state index is -3.97. The van der Waals surface area contributed by atoms with Crippen molar-refractivity contribution >= 4 is 32.6 Å². The second kappa shape index (κ2) is 12.3. The van der Waals surface area contributed by atoms with Crippen LogP contribution in [0, 0.1) is 18.8 Å². The van der Waals surface area contributed by atoms with Crippen molar-refractivity contribution < 1.29 is 27.8 Å². The summed E-state index contributed by atoms with van der Waals surface area (Å²) in [5.74, 6) is 5.32. The van der Waals surface area contributed by atoms with E-state index in [1.807, 2.05) is 12.1 Å². The summed E-state index contributed by atoms with van der Waals surface area (Å²) in [4.78, 5) is 20.6. The number of aliphatic hydroxyl groups is 1. The first kappa shape index (κ1) is 26.8. The number of hydrogen-bond acceptors (Lipinski definition) is 8. The summed E-state index contributed by atoms with van der Waals surface area (Å²) in [6, 6.07) is 17.1. The number of carbonyl (C=O) groups is 1. The van der Waals surface area contributed by atoms with Gasteiger partial charge in [-0.1, -0.05) is 42.2 Å². The molecule has 0 aliphatic rings. The number of benzene rings is 2. The summed E-state index contributed by atoms with van der Waals surface area (Å²) >= 11 is 0. The molecular formula is C28H25N3O6S. The third kappa shape index (κ3) is 6.52. The number of pyridine rings is 2. The molecule has 4 aromatic rings. The smallest absolute Gasteiger partial charge is 0.356 e. The van der Waals surface area contributed by atoms with Crippen LogP contribution in [0.5, 0.6) is 0 Å². The average Bonchev–Trinajstić information content (AvgIpc) is 2.92. The zero-order valence-corrected chi connectivity index (χ0v) is 21.4. The van der Waals surface area contributed by atoms with Gasteiger partial charge in [-0.15, -0.1) is 0 Å². The molecule has 2 aromatic carbocycles. The van der Waals surface area contributed by atoms with E-state index in [1.54, 1.807) is 55.6 Å². The highest BCUT2D eigenvalue weighted by atomic mass is 32.2. The summed E-state index contributed by atoms with van der Waals surface area (Å²) < 4.78 is 39.6. The summed E-state index contributed by atoms with van der Waals surface area (Å²) in [7, 11) is -3.97. The van der Waals surface area contributed by atoms with E-state index < -0.39 is 16.0 Å². The lowest BCUT2D eigenvalue weighted by atomic mass is 10.1. The average molecular weight is 532 g/mol. The van der Waals surface area contributed by atoms with E-state index in [-0.39, 0.29) is 37.0 Å². The number of hydrogen-bond donors (Lipinski definition) is 2. The highest BCUT2D eigenvalue weighted by molar-refractivity contribution is 7.93. The largest absolute Gasteiger partial charge is 0.459 e. The van der Waals surface area contributed by atoms with Crippen LogP contribution in [0.4, 0.5) is 5.69 Å². The molecule has 9 nitrogen and oxygen atoms in total. The van der Waals surface area contributed by atoms with Crippen LogP contribution in [0.2, 0.25) is 0 Å². The van der Waals surface area contributed by atoms with E-state index in [9.17, 15) is 13.2 Å². The monoisotopic (exact) mass is 531 g/mol. The molecule has 0 unspecified atom stereocenters. The van der Waals surface area contributed by atoms with Crippen molar-refractivity contribution in [2.24, 2.45) is 0 Å². The number of para-hydroxylation sites is 1. The van der Waals surface area contributed by atoms with Crippen molar-refractivity contribution in [3.63, 3.8) is 0 Å². The van der Waals surface area contributed by atoms with Crippen LogP contribution in [0.1, 0.15) is 27.2 Å². The fourth-order valence-corrected chi connectivity index (χ4v) is 5.08. The molecule has 0 aliphatic heterocycles. The maximum Gasteiger partial charge on any atom is 0.356 e. The standard InChI is InChI=1S/C28H25N3O6S/c1-20-8-11-23-6-4-14-29-26(23)27(20)38(34,35)31-24-7-3-2-5-22(24)12-9-21-10-13-25(30-19-21)28(33)37-18-17-36-16-15-32/h2-8,10-11,13-14,19,31-32H,15-18H2,1H3. The number of fused-ring (bicyclic) bond motifs is 1. The molecule has 2 heterocycles. The number of ether oxygens (including phenoxy) is 2. The molecule has 0 spiro atoms. The maximum absolute atomic E-state index is 13.4. The second-order valence-corrected chi connectivity index (χ2v) is 9.71. The summed E-state index contributed by atoms with van der Waals surface area (Å²) in [6.45, 7) is 2.02. The molecule has 0 amide bonds. The molecule has 2 aromatic heterocycles. The van der Waals surface area contributed by atoms with E-state index in [2.05, 4.69) is 26.5 Å². The van der Waals surface area contributed by atoms with Gasteiger partial charge in [0.05, 0.1) is 31.0 Å². The van der Waals surface area contributed by atoms with E-state index >= 15 is 0 Å². The molecule has 2 N–H and O–H groups in total. The van der Waals surface area contributed by atoms with E-state index in [0.717, 1.165) is 5.39 Å². The van der Waals surface area contributed by atoms with Gasteiger partial charge in [0.15, 0.2) is 0 Å². The van der Waals surface area contributed by atoms with Crippen molar-refractivity contribution in [1.29, 1.82) is 0 Å². The first-order valence-electron chi connectivity index (χ1n) is 11.7. The van der Waals surface area contributed by atoms with Crippen molar-refractivity contribution in [1.82, 2.24) is 9.97 Å². The van der Waals surface area contributed by atoms with Gasteiger partial charge in [0, 0.05) is 28.9 Å². The highest BCUT2D eigenvalue weighted by Gasteiger charge is 2.22. The number of carbonyl (C=O) groups excluding carboxylic acids is 1. The van der Waals surface area contributed by atoms with Gasteiger partial charge in [0.25, 0.3) is 10.0 Å². The fraction of sp³-hybridized carbons (Fsp3) is 0.179. The van der Waals surface area contributed by atoms with Crippen LogP contribution in [0.15, 0.2) is 78.0 Å². The van der Waals surface area contributed by atoms with Crippen LogP contribution in [0.3, 0.4) is 0 Å². The number of aryl methyl sites for hydroxylation is 1. The van der Waals surface area contributed by atoms with Gasteiger partial charge in [-0.2, -0.15) is 0 Å². The lowest BCUT2D eigenvalue weighted by Gasteiger charge is -2.13. The number of nitrogens with zero attached hydrogens (tertiary/aromatic N) is 2. The summed E-state index contributed by atoms with van der Waals surface area (Å²) in [6.07, 6.45) is 3.00. The Kier molecular flexibility index (Phi) is 8.66. The molecular weight excluding hydrogens is 506 g/mol. The minimum Gasteiger partial charge on any atom is -0.459 e. The number of anilines is 1. The lowest BCUT2D eigenvalue weighted by Crippen LogP contribution is -2.16. The van der Waals surface area contributed by atoms with Crippen LogP contribution < -0.4 is 4.72 Å². The number of aliphatic hydroxyl groups excluding tert-OH is 1. The Bertz CT molecular complexity index is 1610. The molecule has 194 valence electrons. The van der Waals surface area contributed by atoms with Crippen LogP contribution >= 0.6 is 0 Å². The SMILES string of the molecule is Cc1ccc2cccnc2c1S(=O)(=O)Nc1ccccc1C#Cc1ccc(C(=O)OCCOCCO)nc1. The van der Waals surface area contributed by atoms with Gasteiger partial charge in [0.2, 0.25) is 0 Å². The van der Waals surface area contributed by atoms with Crippen LogP contribution in [-0.2, 0) is 19.5 Å². The number of nitrogens with one attached hydrogen (secondary N) is 1. The summed E-state index contributed by atoms with van der Waals surface area (Å²) in [5, 5.41) is 9.39. The van der Waals surface area contributed by atoms with Crippen molar-refractivity contribution in [3.05, 3.63) is 95.4 Å². The molecule has 0 radical (unpaired) electrons. The fourth-order valence-electron chi connectivity index (χ4n) is 3.60. The normalized spacial score (nSPS) is 11.0. The Hall–Kier alpha value is -4.30. The molecule has 0 aliphatic carbocycles. The predicted molar refractivity (Wildman–Crippen MR) is 142 cm³/mol. The van der Waals surface area contributed by atoms with E-state index in [4.69, 9.17) is 14.6 Å². The molecule has 0 bridgehead atoms. The van der Waals surface area contributed by atoms with Gasteiger partial charge in [-0.05, 0) is 42.8 Å². The topological polar surface area (TPSA) is 128 Å². The second-order valence-electron chi connectivity index (χ2n) is 8.09. The molecule has 0 saturated carbocycles.